The van der Waals surface area contributed by atoms with E-state index < -0.39 is 0 Å². The first kappa shape index (κ1) is 20.1. The van der Waals surface area contributed by atoms with Gasteiger partial charge in [0.1, 0.15) is 5.75 Å². The van der Waals surface area contributed by atoms with Crippen LogP contribution in [0.4, 0.5) is 0 Å². The molecule has 0 bridgehead atoms. The Labute approximate surface area is 169 Å². The molecule has 0 saturated carbocycles. The van der Waals surface area contributed by atoms with Gasteiger partial charge in [-0.15, -0.1) is 10.2 Å². The van der Waals surface area contributed by atoms with E-state index in [0.29, 0.717) is 23.3 Å². The summed E-state index contributed by atoms with van der Waals surface area (Å²) in [6, 6.07) is 9.87. The summed E-state index contributed by atoms with van der Waals surface area (Å²) in [4.78, 5) is 12.0. The molecule has 0 atom stereocenters. The number of rotatable bonds is 7. The van der Waals surface area contributed by atoms with Crippen LogP contribution < -0.4 is 4.74 Å². The average molecular weight is 397 g/mol. The second-order valence-electron chi connectivity index (χ2n) is 6.82. The number of benzene rings is 2. The Morgan fingerprint density at radius 2 is 1.82 bits per heavy atom. The van der Waals surface area contributed by atoms with Crippen molar-refractivity contribution >= 4 is 17.5 Å². The predicted molar refractivity (Wildman–Crippen MR) is 110 cm³/mol. The largest absolute Gasteiger partial charge is 0.497 e. The molecule has 2 aromatic carbocycles. The number of Topliss-reactive ketones (excluding diaryl/α,β-unsaturated/α-hetero) is 1. The third-order valence-electron chi connectivity index (χ3n) is 4.79. The normalized spacial score (nSPS) is 10.9. The number of nitrogens with zero attached hydrogens (tertiary/aromatic N) is 2. The maximum Gasteiger partial charge on any atom is 0.276 e. The minimum Gasteiger partial charge on any atom is -0.497 e. The van der Waals surface area contributed by atoms with Crippen molar-refractivity contribution in [2.75, 3.05) is 7.11 Å². The van der Waals surface area contributed by atoms with E-state index in [1.807, 2.05) is 38.1 Å². The molecule has 0 fully saturated rings. The molecule has 0 saturated heterocycles. The van der Waals surface area contributed by atoms with E-state index in [0.717, 1.165) is 33.6 Å². The van der Waals surface area contributed by atoms with Crippen LogP contribution in [-0.4, -0.2) is 23.1 Å². The van der Waals surface area contributed by atoms with Gasteiger partial charge in [0.2, 0.25) is 5.89 Å². The molecule has 0 aliphatic rings. The monoisotopic (exact) mass is 396 g/mol. The van der Waals surface area contributed by atoms with Gasteiger partial charge in [0.05, 0.1) is 13.5 Å². The van der Waals surface area contributed by atoms with Crippen molar-refractivity contribution in [2.45, 2.75) is 45.1 Å². The highest BCUT2D eigenvalue weighted by Crippen LogP contribution is 2.29. The number of thioether (sulfide) groups is 1. The van der Waals surface area contributed by atoms with Crippen molar-refractivity contribution < 1.29 is 13.9 Å². The van der Waals surface area contributed by atoms with Crippen LogP contribution in [0.3, 0.4) is 0 Å². The Balaban J connectivity index is 1.71. The van der Waals surface area contributed by atoms with E-state index in [9.17, 15) is 4.79 Å². The molecule has 3 aromatic rings. The lowest BCUT2D eigenvalue weighted by Crippen LogP contribution is -2.05. The van der Waals surface area contributed by atoms with Crippen LogP contribution in [-0.2, 0) is 12.2 Å². The van der Waals surface area contributed by atoms with Gasteiger partial charge in [-0.2, -0.15) is 0 Å². The Morgan fingerprint density at radius 1 is 1.11 bits per heavy atom. The fourth-order valence-corrected chi connectivity index (χ4v) is 4.38. The highest BCUT2D eigenvalue weighted by Gasteiger charge is 2.16. The summed E-state index contributed by atoms with van der Waals surface area (Å²) in [7, 11) is 1.65. The standard InChI is InChI=1S/C22H24N2O3S/c1-13-10-14(2)21(16(4)25)15(3)19(13)12-28-22-24-23-20(27-22)11-17-6-8-18(26-5)9-7-17/h6-10H,11-12H2,1-5H3. The van der Waals surface area contributed by atoms with Gasteiger partial charge in [0.15, 0.2) is 5.78 Å². The second-order valence-corrected chi connectivity index (χ2v) is 7.75. The lowest BCUT2D eigenvalue weighted by atomic mass is 9.92. The maximum absolute atomic E-state index is 12.0. The summed E-state index contributed by atoms with van der Waals surface area (Å²) in [5.74, 6) is 2.18. The van der Waals surface area contributed by atoms with Gasteiger partial charge in [-0.05, 0) is 67.6 Å². The van der Waals surface area contributed by atoms with Crippen LogP contribution in [0, 0.1) is 20.8 Å². The predicted octanol–water partition coefficient (Wildman–Crippen LogP) is 5.09. The van der Waals surface area contributed by atoms with Crippen LogP contribution in [0.15, 0.2) is 40.0 Å². The number of hydrogen-bond acceptors (Lipinski definition) is 6. The lowest BCUT2D eigenvalue weighted by molar-refractivity contribution is 0.101. The molecule has 0 aliphatic carbocycles. The fraction of sp³-hybridized carbons (Fsp3) is 0.318. The van der Waals surface area contributed by atoms with Gasteiger partial charge >= 0.3 is 0 Å². The second kappa shape index (κ2) is 8.61. The van der Waals surface area contributed by atoms with Crippen LogP contribution in [0.2, 0.25) is 0 Å². The molecule has 0 amide bonds. The molecular weight excluding hydrogens is 372 g/mol. The van der Waals surface area contributed by atoms with Gasteiger partial charge in [0, 0.05) is 11.3 Å². The Hall–Kier alpha value is -2.60. The summed E-state index contributed by atoms with van der Waals surface area (Å²) in [5.41, 5.74) is 6.27. The van der Waals surface area contributed by atoms with Crippen molar-refractivity contribution in [1.82, 2.24) is 10.2 Å². The maximum atomic E-state index is 12.0. The molecule has 6 heteroatoms. The number of aryl methyl sites for hydroxylation is 2. The van der Waals surface area contributed by atoms with Gasteiger partial charge in [-0.3, -0.25) is 4.79 Å². The van der Waals surface area contributed by atoms with Crippen molar-refractivity contribution in [3.05, 3.63) is 69.6 Å². The quantitative estimate of drug-likeness (QED) is 0.409. The average Bonchev–Trinajstić information content (AvgIpc) is 3.08. The lowest BCUT2D eigenvalue weighted by Gasteiger charge is -2.15. The number of ketones is 1. The zero-order valence-electron chi connectivity index (χ0n) is 16.8. The van der Waals surface area contributed by atoms with Crippen LogP contribution >= 0.6 is 11.8 Å². The summed E-state index contributed by atoms with van der Waals surface area (Å²) < 4.78 is 11.0. The minimum atomic E-state index is 0.0980. The Bertz CT molecular complexity index is 994. The van der Waals surface area contributed by atoms with E-state index in [-0.39, 0.29) is 5.78 Å². The smallest absolute Gasteiger partial charge is 0.276 e. The molecule has 1 aromatic heterocycles. The third-order valence-corrected chi connectivity index (χ3v) is 5.63. The van der Waals surface area contributed by atoms with E-state index in [1.54, 1.807) is 14.0 Å². The highest BCUT2D eigenvalue weighted by molar-refractivity contribution is 7.98. The van der Waals surface area contributed by atoms with Gasteiger partial charge < -0.3 is 9.15 Å². The van der Waals surface area contributed by atoms with E-state index >= 15 is 0 Å². The molecule has 5 nitrogen and oxygen atoms in total. The Morgan fingerprint density at radius 3 is 2.46 bits per heavy atom. The topological polar surface area (TPSA) is 65.2 Å². The SMILES string of the molecule is COc1ccc(Cc2nnc(SCc3c(C)cc(C)c(C(C)=O)c3C)o2)cc1. The molecule has 0 unspecified atom stereocenters. The molecule has 146 valence electrons. The number of aromatic nitrogens is 2. The molecule has 0 spiro atoms. The van der Waals surface area contributed by atoms with Crippen molar-refractivity contribution in [2.24, 2.45) is 0 Å². The molecule has 0 radical (unpaired) electrons. The molecule has 3 rings (SSSR count). The number of ether oxygens (including phenoxy) is 1. The van der Waals surface area contributed by atoms with Crippen LogP contribution in [0.5, 0.6) is 5.75 Å². The van der Waals surface area contributed by atoms with Crippen LogP contribution in [0.1, 0.15) is 51.0 Å². The van der Waals surface area contributed by atoms with Gasteiger partial charge in [-0.25, -0.2) is 0 Å². The molecule has 28 heavy (non-hydrogen) atoms. The number of carbonyl (C=O) groups excluding carboxylic acids is 1. The molecular formula is C22H24N2O3S. The summed E-state index contributed by atoms with van der Waals surface area (Å²) >= 11 is 1.49. The molecule has 0 N–H and O–H groups in total. The van der Waals surface area contributed by atoms with E-state index in [4.69, 9.17) is 9.15 Å². The van der Waals surface area contributed by atoms with Crippen molar-refractivity contribution in [3.8, 4) is 5.75 Å². The summed E-state index contributed by atoms with van der Waals surface area (Å²) in [6.07, 6.45) is 0.578. The van der Waals surface area contributed by atoms with Crippen molar-refractivity contribution in [1.29, 1.82) is 0 Å². The summed E-state index contributed by atoms with van der Waals surface area (Å²) in [5, 5.41) is 8.83. The van der Waals surface area contributed by atoms with Gasteiger partial charge in [0.25, 0.3) is 5.22 Å². The molecule has 0 aliphatic heterocycles. The fourth-order valence-electron chi connectivity index (χ4n) is 3.41. The summed E-state index contributed by atoms with van der Waals surface area (Å²) in [6.45, 7) is 7.68. The number of hydrogen-bond donors (Lipinski definition) is 0. The number of methoxy groups -OCH3 is 1. The van der Waals surface area contributed by atoms with E-state index in [2.05, 4.69) is 23.2 Å². The van der Waals surface area contributed by atoms with Gasteiger partial charge in [-0.1, -0.05) is 30.0 Å². The third kappa shape index (κ3) is 4.44. The number of carbonyl (C=O) groups is 1. The van der Waals surface area contributed by atoms with E-state index in [1.165, 1.54) is 17.3 Å². The first-order valence-electron chi connectivity index (χ1n) is 9.07. The Kier molecular flexibility index (Phi) is 6.19. The highest BCUT2D eigenvalue weighted by atomic mass is 32.2. The zero-order valence-corrected chi connectivity index (χ0v) is 17.6. The van der Waals surface area contributed by atoms with Crippen LogP contribution in [0.25, 0.3) is 0 Å². The first-order chi connectivity index (χ1) is 13.4. The minimum absolute atomic E-state index is 0.0980. The first-order valence-corrected chi connectivity index (χ1v) is 10.1. The zero-order chi connectivity index (χ0) is 20.3. The van der Waals surface area contributed by atoms with Crippen molar-refractivity contribution in [3.63, 3.8) is 0 Å². The molecule has 1 heterocycles.